The van der Waals surface area contributed by atoms with E-state index in [1.165, 1.54) is 50.8 Å². The topological polar surface area (TPSA) is 49.9 Å². The summed E-state index contributed by atoms with van der Waals surface area (Å²) in [5, 5.41) is 0. The smallest absolute Gasteiger partial charge is 0.229 e. The number of amides is 1. The van der Waals surface area contributed by atoms with Crippen LogP contribution in [-0.2, 0) is 20.7 Å². The van der Waals surface area contributed by atoms with Crippen molar-refractivity contribution >= 4 is 11.7 Å². The molecule has 34 heavy (non-hydrogen) atoms. The molecule has 3 aliphatic rings. The molecule has 4 rings (SSSR count). The summed E-state index contributed by atoms with van der Waals surface area (Å²) in [6.07, 6.45) is 10.9. The summed E-state index contributed by atoms with van der Waals surface area (Å²) in [6.45, 7) is 6.84. The number of rotatable bonds is 10. The lowest BCUT2D eigenvalue weighted by Gasteiger charge is -2.46. The molecule has 1 aromatic rings. The average Bonchev–Trinajstić information content (AvgIpc) is 3.27. The minimum atomic E-state index is -0.157. The van der Waals surface area contributed by atoms with Crippen LogP contribution in [0.15, 0.2) is 24.3 Å². The van der Waals surface area contributed by atoms with Crippen molar-refractivity contribution < 1.29 is 14.3 Å². The van der Waals surface area contributed by atoms with Gasteiger partial charge >= 0.3 is 0 Å². The first-order valence-electron chi connectivity index (χ1n) is 13.7. The quantitative estimate of drug-likeness (QED) is 0.462. The number of nitrogens with zero attached hydrogens (tertiary/aromatic N) is 2. The molecule has 1 amide bonds. The molecule has 1 aromatic carbocycles. The predicted molar refractivity (Wildman–Crippen MR) is 136 cm³/mol. The first kappa shape index (κ1) is 25.4. The van der Waals surface area contributed by atoms with Gasteiger partial charge in [-0.05, 0) is 88.4 Å². The zero-order valence-electron chi connectivity index (χ0n) is 21.3. The summed E-state index contributed by atoms with van der Waals surface area (Å²) in [5.74, 6) is 1.27. The van der Waals surface area contributed by atoms with Crippen molar-refractivity contribution in [3.8, 4) is 0 Å². The van der Waals surface area contributed by atoms with Crippen LogP contribution in [-0.4, -0.2) is 67.4 Å². The number of fused-ring (bicyclic) bond motifs is 1. The minimum Gasteiger partial charge on any atom is -0.385 e. The Labute approximate surface area is 206 Å². The molecule has 0 spiro atoms. The highest BCUT2D eigenvalue weighted by atomic mass is 16.5. The first-order chi connectivity index (χ1) is 16.6. The van der Waals surface area contributed by atoms with Crippen molar-refractivity contribution in [3.05, 3.63) is 35.4 Å². The molecule has 1 saturated carbocycles. The number of carbonyl (C=O) groups is 2. The summed E-state index contributed by atoms with van der Waals surface area (Å²) >= 11 is 0. The number of benzene rings is 1. The van der Waals surface area contributed by atoms with Gasteiger partial charge in [-0.15, -0.1) is 0 Å². The molecule has 0 aromatic heterocycles. The van der Waals surface area contributed by atoms with E-state index in [-0.39, 0.29) is 17.7 Å². The van der Waals surface area contributed by atoms with Crippen LogP contribution in [0.2, 0.25) is 0 Å². The van der Waals surface area contributed by atoms with Gasteiger partial charge in [-0.1, -0.05) is 30.7 Å². The average molecular weight is 469 g/mol. The normalized spacial score (nSPS) is 26.3. The van der Waals surface area contributed by atoms with Crippen LogP contribution in [0.4, 0.5) is 0 Å². The number of carbonyl (C=O) groups excluding carboxylic acids is 2. The van der Waals surface area contributed by atoms with E-state index in [0.717, 1.165) is 50.8 Å². The number of ether oxygens (including phenoxy) is 1. The summed E-state index contributed by atoms with van der Waals surface area (Å²) in [4.78, 5) is 30.5. The zero-order valence-corrected chi connectivity index (χ0v) is 21.3. The molecular weight excluding hydrogens is 424 g/mol. The van der Waals surface area contributed by atoms with E-state index in [1.54, 1.807) is 7.11 Å². The highest BCUT2D eigenvalue weighted by molar-refractivity contribution is 5.84. The third kappa shape index (κ3) is 6.28. The Bertz CT molecular complexity index is 806. The van der Waals surface area contributed by atoms with Crippen molar-refractivity contribution in [2.75, 3.05) is 39.9 Å². The molecule has 5 heteroatoms. The van der Waals surface area contributed by atoms with E-state index in [2.05, 4.69) is 41.0 Å². The van der Waals surface area contributed by atoms with Crippen LogP contribution in [0.3, 0.4) is 0 Å². The summed E-state index contributed by atoms with van der Waals surface area (Å²) in [5.41, 5.74) is 2.28. The van der Waals surface area contributed by atoms with Gasteiger partial charge in [0, 0.05) is 45.2 Å². The zero-order chi connectivity index (χ0) is 23.9. The Morgan fingerprint density at radius 2 is 1.88 bits per heavy atom. The number of methoxy groups -OCH3 is 1. The number of ketones is 1. The van der Waals surface area contributed by atoms with Crippen LogP contribution in [0.5, 0.6) is 0 Å². The SMILES string of the molecule is COCCCN(C[C@@H]1CCCN2CCCC[C@H]12)C(=O)[C@H](C)c1ccc(C[C@@H]2CCCC2=O)cc1. The fourth-order valence-corrected chi connectivity index (χ4v) is 6.51. The van der Waals surface area contributed by atoms with Crippen LogP contribution < -0.4 is 0 Å². The number of hydrogen-bond donors (Lipinski definition) is 0. The second-order valence-corrected chi connectivity index (χ2v) is 10.9. The number of hydrogen-bond acceptors (Lipinski definition) is 4. The van der Waals surface area contributed by atoms with E-state index in [1.807, 2.05) is 0 Å². The molecule has 2 aliphatic heterocycles. The summed E-state index contributed by atoms with van der Waals surface area (Å²) < 4.78 is 5.30. The number of piperidine rings is 2. The lowest BCUT2D eigenvalue weighted by atomic mass is 9.83. The summed E-state index contributed by atoms with van der Waals surface area (Å²) in [7, 11) is 1.73. The molecule has 0 unspecified atom stereocenters. The van der Waals surface area contributed by atoms with E-state index >= 15 is 0 Å². The molecule has 2 heterocycles. The number of Topliss-reactive ketones (excluding diaryl/α,β-unsaturated/α-hetero) is 1. The Balaban J connectivity index is 1.41. The molecule has 3 fully saturated rings. The van der Waals surface area contributed by atoms with Crippen molar-refractivity contribution in [1.29, 1.82) is 0 Å². The van der Waals surface area contributed by atoms with Crippen molar-refractivity contribution in [1.82, 2.24) is 9.80 Å². The lowest BCUT2D eigenvalue weighted by Crippen LogP contribution is -2.52. The Kier molecular flexibility index (Phi) is 9.18. The molecule has 188 valence electrons. The molecule has 0 bridgehead atoms. The van der Waals surface area contributed by atoms with Gasteiger partial charge in [0.2, 0.25) is 5.91 Å². The standard InChI is InChI=1S/C29H44N2O3/c1-22(24-14-12-23(13-15-24)20-25-8-5-11-28(25)32)29(33)31(18-7-19-34-2)21-26-9-6-17-30-16-4-3-10-27(26)30/h12-15,22,25-27H,3-11,16-21H2,1-2H3/t22-,25+,26+,27-/m1/s1. The van der Waals surface area contributed by atoms with Crippen molar-refractivity contribution in [2.45, 2.75) is 83.1 Å². The van der Waals surface area contributed by atoms with Gasteiger partial charge in [-0.3, -0.25) is 9.59 Å². The van der Waals surface area contributed by atoms with Crippen LogP contribution in [0.25, 0.3) is 0 Å². The van der Waals surface area contributed by atoms with Gasteiger partial charge in [0.15, 0.2) is 0 Å². The van der Waals surface area contributed by atoms with Crippen LogP contribution >= 0.6 is 0 Å². The van der Waals surface area contributed by atoms with E-state index < -0.39 is 0 Å². The molecule has 0 radical (unpaired) electrons. The molecule has 4 atom stereocenters. The maximum Gasteiger partial charge on any atom is 0.229 e. The maximum absolute atomic E-state index is 13.7. The molecule has 0 N–H and O–H groups in total. The Morgan fingerprint density at radius 1 is 1.09 bits per heavy atom. The third-order valence-corrected chi connectivity index (χ3v) is 8.54. The molecule has 1 aliphatic carbocycles. The van der Waals surface area contributed by atoms with E-state index in [4.69, 9.17) is 4.74 Å². The third-order valence-electron chi connectivity index (χ3n) is 8.54. The second-order valence-electron chi connectivity index (χ2n) is 10.9. The molecule has 2 saturated heterocycles. The van der Waals surface area contributed by atoms with Crippen LogP contribution in [0.1, 0.15) is 81.8 Å². The lowest BCUT2D eigenvalue weighted by molar-refractivity contribution is -0.134. The van der Waals surface area contributed by atoms with Gasteiger partial charge in [0.25, 0.3) is 0 Å². The van der Waals surface area contributed by atoms with Gasteiger partial charge in [0.05, 0.1) is 5.92 Å². The van der Waals surface area contributed by atoms with Gasteiger partial charge in [-0.25, -0.2) is 0 Å². The fourth-order valence-electron chi connectivity index (χ4n) is 6.51. The highest BCUT2D eigenvalue weighted by Gasteiger charge is 2.35. The second kappa shape index (κ2) is 12.3. The van der Waals surface area contributed by atoms with Gasteiger partial charge < -0.3 is 14.5 Å². The maximum atomic E-state index is 13.7. The Morgan fingerprint density at radius 3 is 2.62 bits per heavy atom. The monoisotopic (exact) mass is 468 g/mol. The van der Waals surface area contributed by atoms with Crippen molar-refractivity contribution in [2.24, 2.45) is 11.8 Å². The fraction of sp³-hybridized carbons (Fsp3) is 0.724. The highest BCUT2D eigenvalue weighted by Crippen LogP contribution is 2.32. The molecular formula is C29H44N2O3. The minimum absolute atomic E-state index is 0.157. The first-order valence-corrected chi connectivity index (χ1v) is 13.7. The Hall–Kier alpha value is -1.72. The largest absolute Gasteiger partial charge is 0.385 e. The summed E-state index contributed by atoms with van der Waals surface area (Å²) in [6, 6.07) is 9.11. The predicted octanol–water partition coefficient (Wildman–Crippen LogP) is 4.83. The van der Waals surface area contributed by atoms with E-state index in [0.29, 0.717) is 24.3 Å². The van der Waals surface area contributed by atoms with Crippen LogP contribution in [0, 0.1) is 11.8 Å². The van der Waals surface area contributed by atoms with E-state index in [9.17, 15) is 9.59 Å². The van der Waals surface area contributed by atoms with Crippen molar-refractivity contribution in [3.63, 3.8) is 0 Å². The molecule has 5 nitrogen and oxygen atoms in total. The van der Waals surface area contributed by atoms with Gasteiger partial charge in [0.1, 0.15) is 5.78 Å². The van der Waals surface area contributed by atoms with Gasteiger partial charge in [-0.2, -0.15) is 0 Å².